The van der Waals surface area contributed by atoms with Crippen molar-refractivity contribution in [2.75, 3.05) is 0 Å². The summed E-state index contributed by atoms with van der Waals surface area (Å²) in [5.74, 6) is -0.272. The Bertz CT molecular complexity index is 563. The van der Waals surface area contributed by atoms with E-state index < -0.39 is 5.91 Å². The molecule has 2 aromatic heterocycles. The van der Waals surface area contributed by atoms with Crippen LogP contribution in [-0.2, 0) is 0 Å². The number of allylic oxidation sites excluding steroid dienone is 1. The third-order valence-electron chi connectivity index (χ3n) is 2.03. The van der Waals surface area contributed by atoms with E-state index in [1.165, 1.54) is 24.5 Å². The van der Waals surface area contributed by atoms with E-state index in [9.17, 15) is 9.59 Å². The van der Waals surface area contributed by atoms with Crippen LogP contribution in [0.25, 0.3) is 6.08 Å². The topological polar surface area (TPSA) is 86.4 Å². The number of carbonyl (C=O) groups is 2. The molecule has 0 atom stereocenters. The molecule has 5 heteroatoms. The van der Waals surface area contributed by atoms with Crippen LogP contribution in [-0.4, -0.2) is 11.7 Å². The second kappa shape index (κ2) is 4.52. The quantitative estimate of drug-likeness (QED) is 0.642. The van der Waals surface area contributed by atoms with Crippen LogP contribution >= 0.6 is 0 Å². The fourth-order valence-electron chi connectivity index (χ4n) is 1.23. The number of nitrogens with two attached hydrogens (primary N) is 1. The number of amides is 1. The number of hydrogen-bond donors (Lipinski definition) is 1. The molecular formula is C12H9NO4. The van der Waals surface area contributed by atoms with E-state index in [4.69, 9.17) is 14.6 Å². The Balaban J connectivity index is 2.10. The van der Waals surface area contributed by atoms with Gasteiger partial charge in [0.1, 0.15) is 5.76 Å². The maximum absolute atomic E-state index is 11.5. The standard InChI is InChI=1S/C12H9NO4/c13-12(15)11-6-4-8(17-11)3-5-9(14)10-2-1-7-16-10/h1-7H,(H2,13,15)/b5-3+. The van der Waals surface area contributed by atoms with E-state index >= 15 is 0 Å². The van der Waals surface area contributed by atoms with Gasteiger partial charge in [-0.15, -0.1) is 0 Å². The summed E-state index contributed by atoms with van der Waals surface area (Å²) < 4.78 is 9.99. The van der Waals surface area contributed by atoms with Gasteiger partial charge in [-0.2, -0.15) is 0 Å². The summed E-state index contributed by atoms with van der Waals surface area (Å²) in [6, 6.07) is 6.17. The molecule has 1 amide bonds. The SMILES string of the molecule is NC(=O)c1ccc(/C=C/C(=O)c2ccco2)o1. The maximum Gasteiger partial charge on any atom is 0.284 e. The molecule has 2 N–H and O–H groups in total. The van der Waals surface area contributed by atoms with Crippen molar-refractivity contribution in [1.82, 2.24) is 0 Å². The van der Waals surface area contributed by atoms with E-state index in [2.05, 4.69) is 0 Å². The van der Waals surface area contributed by atoms with Crippen LogP contribution < -0.4 is 5.73 Å². The second-order valence-corrected chi connectivity index (χ2v) is 3.24. The third-order valence-corrected chi connectivity index (χ3v) is 2.03. The van der Waals surface area contributed by atoms with Gasteiger partial charge < -0.3 is 14.6 Å². The Kier molecular flexibility index (Phi) is 2.91. The molecule has 0 spiro atoms. The summed E-state index contributed by atoms with van der Waals surface area (Å²) in [4.78, 5) is 22.3. The van der Waals surface area contributed by atoms with Gasteiger partial charge in [-0.25, -0.2) is 0 Å². The highest BCUT2D eigenvalue weighted by atomic mass is 16.4. The first kappa shape index (κ1) is 10.9. The van der Waals surface area contributed by atoms with Crippen molar-refractivity contribution in [3.8, 4) is 0 Å². The van der Waals surface area contributed by atoms with Crippen molar-refractivity contribution < 1.29 is 18.4 Å². The van der Waals surface area contributed by atoms with Crippen LogP contribution in [0.1, 0.15) is 26.9 Å². The zero-order valence-electron chi connectivity index (χ0n) is 8.75. The lowest BCUT2D eigenvalue weighted by atomic mass is 10.2. The van der Waals surface area contributed by atoms with Gasteiger partial charge in [-0.1, -0.05) is 0 Å². The number of carbonyl (C=O) groups excluding carboxylic acids is 2. The molecule has 0 bridgehead atoms. The predicted molar refractivity (Wildman–Crippen MR) is 59.3 cm³/mol. The van der Waals surface area contributed by atoms with Crippen molar-refractivity contribution in [2.24, 2.45) is 5.73 Å². The van der Waals surface area contributed by atoms with Crippen LogP contribution in [0.15, 0.2) is 45.4 Å². The normalized spacial score (nSPS) is 10.8. The molecule has 2 aromatic rings. The second-order valence-electron chi connectivity index (χ2n) is 3.24. The Morgan fingerprint density at radius 2 is 2.00 bits per heavy atom. The Labute approximate surface area is 96.5 Å². The van der Waals surface area contributed by atoms with E-state index in [1.54, 1.807) is 18.2 Å². The minimum absolute atomic E-state index is 0.0510. The fourth-order valence-corrected chi connectivity index (χ4v) is 1.23. The average Bonchev–Trinajstić information content (AvgIpc) is 2.97. The lowest BCUT2D eigenvalue weighted by Gasteiger charge is -1.88. The summed E-state index contributed by atoms with van der Waals surface area (Å²) in [5, 5.41) is 0. The minimum atomic E-state index is -0.651. The third kappa shape index (κ3) is 2.52. The molecule has 5 nitrogen and oxygen atoms in total. The molecule has 86 valence electrons. The molecule has 0 radical (unpaired) electrons. The van der Waals surface area contributed by atoms with Gasteiger partial charge in [-0.3, -0.25) is 9.59 Å². The highest BCUT2D eigenvalue weighted by Crippen LogP contribution is 2.10. The maximum atomic E-state index is 11.5. The first-order chi connectivity index (χ1) is 8.16. The van der Waals surface area contributed by atoms with Gasteiger partial charge in [0, 0.05) is 0 Å². The van der Waals surface area contributed by atoms with Gasteiger partial charge in [-0.05, 0) is 36.4 Å². The molecular weight excluding hydrogens is 222 g/mol. The van der Waals surface area contributed by atoms with E-state index in [1.807, 2.05) is 0 Å². The first-order valence-corrected chi connectivity index (χ1v) is 4.82. The van der Waals surface area contributed by atoms with E-state index in [0.29, 0.717) is 5.76 Å². The van der Waals surface area contributed by atoms with Crippen molar-refractivity contribution in [3.05, 3.63) is 53.9 Å². The van der Waals surface area contributed by atoms with Crippen molar-refractivity contribution in [1.29, 1.82) is 0 Å². The number of rotatable bonds is 4. The lowest BCUT2D eigenvalue weighted by Crippen LogP contribution is -2.09. The molecule has 0 aliphatic carbocycles. The number of furan rings is 2. The molecule has 0 saturated carbocycles. The van der Waals surface area contributed by atoms with Crippen LogP contribution in [0.2, 0.25) is 0 Å². The molecule has 0 aliphatic rings. The van der Waals surface area contributed by atoms with Gasteiger partial charge in [0.2, 0.25) is 5.78 Å². The van der Waals surface area contributed by atoms with Gasteiger partial charge in [0.05, 0.1) is 6.26 Å². The van der Waals surface area contributed by atoms with E-state index in [-0.39, 0.29) is 17.3 Å². The van der Waals surface area contributed by atoms with Crippen molar-refractivity contribution >= 4 is 17.8 Å². The summed E-state index contributed by atoms with van der Waals surface area (Å²) in [7, 11) is 0. The Morgan fingerprint density at radius 3 is 2.59 bits per heavy atom. The molecule has 17 heavy (non-hydrogen) atoms. The summed E-state index contributed by atoms with van der Waals surface area (Å²) in [6.07, 6.45) is 4.15. The zero-order valence-corrected chi connectivity index (χ0v) is 8.75. The predicted octanol–water partition coefficient (Wildman–Crippen LogP) is 1.87. The van der Waals surface area contributed by atoms with Crippen LogP contribution in [0.5, 0.6) is 0 Å². The number of primary amides is 1. The van der Waals surface area contributed by atoms with Crippen LogP contribution in [0.3, 0.4) is 0 Å². The summed E-state index contributed by atoms with van der Waals surface area (Å²) in [5.41, 5.74) is 5.02. The van der Waals surface area contributed by atoms with E-state index in [0.717, 1.165) is 0 Å². The monoisotopic (exact) mass is 231 g/mol. The molecule has 0 saturated heterocycles. The Morgan fingerprint density at radius 1 is 1.18 bits per heavy atom. The number of ketones is 1. The lowest BCUT2D eigenvalue weighted by molar-refractivity contribution is 0.0973. The summed E-state index contributed by atoms with van der Waals surface area (Å²) >= 11 is 0. The molecule has 0 aromatic carbocycles. The molecule has 2 rings (SSSR count). The first-order valence-electron chi connectivity index (χ1n) is 4.82. The van der Waals surface area contributed by atoms with Crippen molar-refractivity contribution in [2.45, 2.75) is 0 Å². The molecule has 0 unspecified atom stereocenters. The highest BCUT2D eigenvalue weighted by Gasteiger charge is 2.07. The van der Waals surface area contributed by atoms with Gasteiger partial charge in [0.25, 0.3) is 5.91 Å². The molecule has 0 fully saturated rings. The van der Waals surface area contributed by atoms with Crippen molar-refractivity contribution in [3.63, 3.8) is 0 Å². The molecule has 2 heterocycles. The number of hydrogen-bond acceptors (Lipinski definition) is 4. The minimum Gasteiger partial charge on any atom is -0.461 e. The smallest absolute Gasteiger partial charge is 0.284 e. The Hall–Kier alpha value is -2.56. The average molecular weight is 231 g/mol. The zero-order chi connectivity index (χ0) is 12.3. The largest absolute Gasteiger partial charge is 0.461 e. The van der Waals surface area contributed by atoms with Gasteiger partial charge >= 0.3 is 0 Å². The van der Waals surface area contributed by atoms with Crippen LogP contribution in [0.4, 0.5) is 0 Å². The fraction of sp³-hybridized carbons (Fsp3) is 0. The highest BCUT2D eigenvalue weighted by molar-refractivity contribution is 6.04. The van der Waals surface area contributed by atoms with Crippen LogP contribution in [0, 0.1) is 0 Å². The van der Waals surface area contributed by atoms with Gasteiger partial charge in [0.15, 0.2) is 11.5 Å². The molecule has 0 aliphatic heterocycles. The summed E-state index contributed by atoms with van der Waals surface area (Å²) in [6.45, 7) is 0.